The molecule has 1 aliphatic heterocycles. The van der Waals surface area contributed by atoms with E-state index in [1.165, 1.54) is 7.11 Å². The lowest BCUT2D eigenvalue weighted by Gasteiger charge is -2.18. The molecule has 4 N–H and O–H groups in total. The van der Waals surface area contributed by atoms with Crippen LogP contribution in [0.25, 0.3) is 0 Å². The van der Waals surface area contributed by atoms with E-state index in [9.17, 15) is 9.59 Å². The van der Waals surface area contributed by atoms with Gasteiger partial charge in [-0.05, 0) is 30.7 Å². The number of carbonyl (C=O) groups excluding carboxylic acids is 2. The predicted octanol–water partition coefficient (Wildman–Crippen LogP) is 1.97. The number of hydrogen-bond acceptors (Lipinski definition) is 5. The van der Waals surface area contributed by atoms with E-state index in [1.807, 2.05) is 0 Å². The summed E-state index contributed by atoms with van der Waals surface area (Å²) in [5, 5.41) is 0. The van der Waals surface area contributed by atoms with Gasteiger partial charge in [-0.3, -0.25) is 9.59 Å². The molecule has 1 aliphatic rings. The van der Waals surface area contributed by atoms with Crippen molar-refractivity contribution in [3.63, 3.8) is 0 Å². The van der Waals surface area contributed by atoms with Crippen molar-refractivity contribution in [3.05, 3.63) is 47.0 Å². The van der Waals surface area contributed by atoms with Crippen LogP contribution in [0, 0.1) is 6.92 Å². The summed E-state index contributed by atoms with van der Waals surface area (Å²) >= 11 is 0. The number of aryl methyl sites for hydroxylation is 1. The lowest BCUT2D eigenvalue weighted by atomic mass is 10.1. The van der Waals surface area contributed by atoms with E-state index in [1.54, 1.807) is 37.3 Å². The minimum atomic E-state index is -0.437. The third-order valence-electron chi connectivity index (χ3n) is 3.74. The number of hydrogen-bond donors (Lipinski definition) is 2. The van der Waals surface area contributed by atoms with Crippen molar-refractivity contribution in [1.29, 1.82) is 0 Å². The number of nitrogen functional groups attached to an aromatic ring is 2. The number of amides is 2. The topological polar surface area (TPSA) is 98.6 Å². The lowest BCUT2D eigenvalue weighted by molar-refractivity contribution is 0.0926. The van der Waals surface area contributed by atoms with Crippen LogP contribution in [0.1, 0.15) is 26.3 Å². The maximum absolute atomic E-state index is 12.6. The first-order valence-corrected chi connectivity index (χ1v) is 6.67. The zero-order chi connectivity index (χ0) is 16.0. The summed E-state index contributed by atoms with van der Waals surface area (Å²) in [4.78, 5) is 26.3. The minimum absolute atomic E-state index is 0.239. The maximum Gasteiger partial charge on any atom is 0.268 e. The smallest absolute Gasteiger partial charge is 0.268 e. The number of methoxy groups -OCH3 is 1. The summed E-state index contributed by atoms with van der Waals surface area (Å²) in [7, 11) is 1.48. The maximum atomic E-state index is 12.6. The molecule has 22 heavy (non-hydrogen) atoms. The second-order valence-electron chi connectivity index (χ2n) is 5.10. The molecule has 0 saturated carbocycles. The van der Waals surface area contributed by atoms with Gasteiger partial charge in [0.1, 0.15) is 5.75 Å². The first-order valence-electron chi connectivity index (χ1n) is 6.67. The molecule has 2 amide bonds. The summed E-state index contributed by atoms with van der Waals surface area (Å²) in [5.41, 5.74) is 14.1. The fourth-order valence-corrected chi connectivity index (χ4v) is 2.65. The monoisotopic (exact) mass is 297 g/mol. The average Bonchev–Trinajstić information content (AvgIpc) is 2.73. The Morgan fingerprint density at radius 3 is 2.41 bits per heavy atom. The van der Waals surface area contributed by atoms with Crippen LogP contribution in [-0.2, 0) is 0 Å². The van der Waals surface area contributed by atoms with Gasteiger partial charge in [-0.25, -0.2) is 4.90 Å². The number of nitrogens with zero attached hydrogens (tertiary/aromatic N) is 1. The van der Waals surface area contributed by atoms with E-state index in [-0.39, 0.29) is 5.56 Å². The number of carbonyl (C=O) groups is 2. The van der Waals surface area contributed by atoms with E-state index in [0.717, 1.165) is 4.90 Å². The average molecular weight is 297 g/mol. The molecular formula is C16H15N3O3. The van der Waals surface area contributed by atoms with Crippen molar-refractivity contribution in [2.24, 2.45) is 0 Å². The minimum Gasteiger partial charge on any atom is -0.495 e. The van der Waals surface area contributed by atoms with E-state index < -0.39 is 11.8 Å². The molecule has 112 valence electrons. The number of imide groups is 1. The zero-order valence-corrected chi connectivity index (χ0v) is 12.2. The number of anilines is 3. The first-order chi connectivity index (χ1) is 10.5. The number of rotatable bonds is 2. The van der Waals surface area contributed by atoms with Crippen LogP contribution in [0.5, 0.6) is 5.75 Å². The van der Waals surface area contributed by atoms with Crippen LogP contribution >= 0.6 is 0 Å². The van der Waals surface area contributed by atoms with E-state index in [0.29, 0.717) is 33.9 Å². The summed E-state index contributed by atoms with van der Waals surface area (Å²) in [6.07, 6.45) is 0. The largest absolute Gasteiger partial charge is 0.495 e. The van der Waals surface area contributed by atoms with Crippen LogP contribution in [0.3, 0.4) is 0 Å². The molecule has 0 aliphatic carbocycles. The molecule has 6 heteroatoms. The highest BCUT2D eigenvalue weighted by Gasteiger charge is 2.38. The van der Waals surface area contributed by atoms with Crippen molar-refractivity contribution in [3.8, 4) is 5.75 Å². The Kier molecular flexibility index (Phi) is 3.02. The van der Waals surface area contributed by atoms with E-state index in [2.05, 4.69) is 0 Å². The Hall–Kier alpha value is -3.02. The first kappa shape index (κ1) is 13.9. The van der Waals surface area contributed by atoms with Gasteiger partial charge >= 0.3 is 0 Å². The standard InChI is InChI=1S/C16H15N3O3/c1-8-6-11(18)13(22-2)7-12(8)19-15(20)9-4-3-5-10(17)14(9)16(19)21/h3-7H,17-18H2,1-2H3. The Labute approximate surface area is 127 Å². The van der Waals surface area contributed by atoms with Crippen LogP contribution in [-0.4, -0.2) is 18.9 Å². The molecule has 0 atom stereocenters. The Bertz CT molecular complexity index is 815. The molecule has 0 spiro atoms. The van der Waals surface area contributed by atoms with Gasteiger partial charge in [0.25, 0.3) is 11.8 Å². The molecule has 1 heterocycles. The number of nitrogens with two attached hydrogens (primary N) is 2. The van der Waals surface area contributed by atoms with Crippen LogP contribution < -0.4 is 21.1 Å². The number of ether oxygens (including phenoxy) is 1. The Morgan fingerprint density at radius 1 is 1.05 bits per heavy atom. The van der Waals surface area contributed by atoms with Crippen molar-refractivity contribution in [1.82, 2.24) is 0 Å². The van der Waals surface area contributed by atoms with Gasteiger partial charge in [0.05, 0.1) is 29.6 Å². The molecular weight excluding hydrogens is 282 g/mol. The Morgan fingerprint density at radius 2 is 1.77 bits per heavy atom. The van der Waals surface area contributed by atoms with Crippen molar-refractivity contribution < 1.29 is 14.3 Å². The van der Waals surface area contributed by atoms with Gasteiger partial charge in [0.2, 0.25) is 0 Å². The highest BCUT2D eigenvalue weighted by Crippen LogP contribution is 2.37. The molecule has 6 nitrogen and oxygen atoms in total. The molecule has 3 rings (SSSR count). The summed E-state index contributed by atoms with van der Waals surface area (Å²) in [6.45, 7) is 1.78. The van der Waals surface area contributed by atoms with Crippen molar-refractivity contribution in [2.75, 3.05) is 23.5 Å². The number of fused-ring (bicyclic) bond motifs is 1. The summed E-state index contributed by atoms with van der Waals surface area (Å²) < 4.78 is 5.17. The van der Waals surface area contributed by atoms with Gasteiger partial charge < -0.3 is 16.2 Å². The van der Waals surface area contributed by atoms with Gasteiger partial charge in [0, 0.05) is 11.8 Å². The fourth-order valence-electron chi connectivity index (χ4n) is 2.65. The molecule has 0 bridgehead atoms. The lowest BCUT2D eigenvalue weighted by Crippen LogP contribution is -2.30. The molecule has 0 fully saturated rings. The van der Waals surface area contributed by atoms with Gasteiger partial charge in [-0.2, -0.15) is 0 Å². The van der Waals surface area contributed by atoms with Crippen LogP contribution in [0.4, 0.5) is 17.1 Å². The molecule has 0 saturated heterocycles. The van der Waals surface area contributed by atoms with Gasteiger partial charge in [0.15, 0.2) is 0 Å². The summed E-state index contributed by atoms with van der Waals surface area (Å²) in [6, 6.07) is 8.10. The second kappa shape index (κ2) is 4.77. The van der Waals surface area contributed by atoms with Gasteiger partial charge in [-0.1, -0.05) is 6.07 Å². The van der Waals surface area contributed by atoms with Crippen LogP contribution in [0.2, 0.25) is 0 Å². The number of benzene rings is 2. The zero-order valence-electron chi connectivity index (χ0n) is 12.2. The third-order valence-corrected chi connectivity index (χ3v) is 3.74. The summed E-state index contributed by atoms with van der Waals surface area (Å²) in [5.74, 6) is -0.430. The second-order valence-corrected chi connectivity index (χ2v) is 5.10. The fraction of sp³-hybridized carbons (Fsp3) is 0.125. The Balaban J connectivity index is 2.18. The van der Waals surface area contributed by atoms with E-state index in [4.69, 9.17) is 16.2 Å². The van der Waals surface area contributed by atoms with Crippen LogP contribution in [0.15, 0.2) is 30.3 Å². The van der Waals surface area contributed by atoms with Crippen molar-refractivity contribution >= 4 is 28.9 Å². The quantitative estimate of drug-likeness (QED) is 0.652. The third kappa shape index (κ3) is 1.81. The normalized spacial score (nSPS) is 13.5. The van der Waals surface area contributed by atoms with Crippen molar-refractivity contribution in [2.45, 2.75) is 6.92 Å². The highest BCUT2D eigenvalue weighted by molar-refractivity contribution is 6.36. The highest BCUT2D eigenvalue weighted by atomic mass is 16.5. The SMILES string of the molecule is COc1cc(N2C(=O)c3cccc(N)c3C2=O)c(C)cc1N. The molecule has 0 radical (unpaired) electrons. The molecule has 2 aromatic carbocycles. The van der Waals surface area contributed by atoms with E-state index >= 15 is 0 Å². The molecule has 0 unspecified atom stereocenters. The predicted molar refractivity (Wildman–Crippen MR) is 84.1 cm³/mol. The molecule has 0 aromatic heterocycles. The molecule has 2 aromatic rings. The van der Waals surface area contributed by atoms with Gasteiger partial charge in [-0.15, -0.1) is 0 Å².